The van der Waals surface area contributed by atoms with Crippen molar-refractivity contribution in [2.75, 3.05) is 6.54 Å². The molecule has 0 radical (unpaired) electrons. The van der Waals surface area contributed by atoms with Crippen molar-refractivity contribution in [3.05, 3.63) is 36.2 Å². The molecule has 3 N–H and O–H groups in total. The maximum atomic E-state index is 5.60. The maximum absolute atomic E-state index is 5.60. The maximum Gasteiger partial charge on any atom is 0.114 e. The fourth-order valence-electron chi connectivity index (χ4n) is 2.05. The van der Waals surface area contributed by atoms with Gasteiger partial charge in [-0.2, -0.15) is 5.10 Å². The molecule has 1 aromatic rings. The van der Waals surface area contributed by atoms with Crippen molar-refractivity contribution in [3.8, 4) is 11.3 Å². The number of nitrogens with one attached hydrogen (secondary N) is 1. The average Bonchev–Trinajstić information content (AvgIpc) is 2.79. The monoisotopic (exact) mass is 212 g/mol. The zero-order valence-electron chi connectivity index (χ0n) is 8.77. The van der Waals surface area contributed by atoms with E-state index in [1.165, 1.54) is 0 Å². The Morgan fingerprint density at radius 1 is 1.25 bits per heavy atom. The number of aromatic amines is 1. The van der Waals surface area contributed by atoms with Crippen LogP contribution in [0.2, 0.25) is 0 Å². The highest BCUT2D eigenvalue weighted by molar-refractivity contribution is 5.94. The molecule has 16 heavy (non-hydrogen) atoms. The Labute approximate surface area is 92.8 Å². The van der Waals surface area contributed by atoms with Gasteiger partial charge in [-0.3, -0.25) is 0 Å². The number of nitrogens with two attached hydrogens (primary N) is 1. The van der Waals surface area contributed by atoms with Gasteiger partial charge in [0.1, 0.15) is 5.69 Å². The van der Waals surface area contributed by atoms with Gasteiger partial charge in [-0.05, 0) is 12.6 Å². The quantitative estimate of drug-likeness (QED) is 0.677. The molecular weight excluding hydrogens is 200 g/mol. The van der Waals surface area contributed by atoms with Gasteiger partial charge in [-0.1, -0.05) is 18.2 Å². The molecule has 0 aromatic heterocycles. The molecule has 1 aromatic carbocycles. The summed E-state index contributed by atoms with van der Waals surface area (Å²) in [4.78, 5) is 3.37. The summed E-state index contributed by atoms with van der Waals surface area (Å²) in [5.41, 5.74) is 9.79. The molecule has 0 aliphatic carbocycles. The minimum atomic E-state index is 0.608. The first-order chi connectivity index (χ1) is 7.90. The third-order valence-corrected chi connectivity index (χ3v) is 2.78. The lowest BCUT2D eigenvalue weighted by molar-refractivity contribution is 0.922. The van der Waals surface area contributed by atoms with Gasteiger partial charge >= 0.3 is 0 Å². The number of rotatable bonds is 2. The molecule has 3 rings (SSSR count). The lowest BCUT2D eigenvalue weighted by Gasteiger charge is -2.09. The van der Waals surface area contributed by atoms with Crippen molar-refractivity contribution in [2.45, 2.75) is 6.42 Å². The molecule has 0 atom stereocenters. The fourth-order valence-corrected chi connectivity index (χ4v) is 2.05. The number of hydrogen-bond donors (Lipinski definition) is 2. The Balaban J connectivity index is 2.37. The number of nitrogens with zero attached hydrogens (tertiary/aromatic N) is 2. The molecule has 0 unspecified atom stereocenters. The number of aromatic nitrogens is 3. The summed E-state index contributed by atoms with van der Waals surface area (Å²) < 4.78 is 0. The van der Waals surface area contributed by atoms with Crippen molar-refractivity contribution in [2.24, 2.45) is 5.73 Å². The normalized spacial score (nSPS) is 11.3. The number of benzene rings is 1. The van der Waals surface area contributed by atoms with Crippen molar-refractivity contribution in [3.63, 3.8) is 0 Å². The lowest BCUT2D eigenvalue weighted by atomic mass is 10.0. The van der Waals surface area contributed by atoms with Crippen LogP contribution in [0.4, 0.5) is 0 Å². The van der Waals surface area contributed by atoms with Crippen LogP contribution in [-0.4, -0.2) is 21.7 Å². The van der Waals surface area contributed by atoms with Gasteiger partial charge in [0.2, 0.25) is 0 Å². The van der Waals surface area contributed by atoms with Crippen molar-refractivity contribution < 1.29 is 0 Å². The smallest absolute Gasteiger partial charge is 0.114 e. The van der Waals surface area contributed by atoms with E-state index in [1.54, 1.807) is 0 Å². The molecule has 4 heteroatoms. The number of pyridine rings is 1. The summed E-state index contributed by atoms with van der Waals surface area (Å²) in [7, 11) is 0. The molecule has 0 saturated heterocycles. The van der Waals surface area contributed by atoms with Crippen LogP contribution in [0.1, 0.15) is 5.69 Å². The Kier molecular flexibility index (Phi) is 2.08. The predicted molar refractivity (Wildman–Crippen MR) is 63.3 cm³/mol. The Bertz CT molecular complexity index is 599. The van der Waals surface area contributed by atoms with E-state index in [4.69, 9.17) is 5.73 Å². The largest absolute Gasteiger partial charge is 0.357 e. The summed E-state index contributed by atoms with van der Waals surface area (Å²) in [6.45, 7) is 0.608. The number of fused-ring (bicyclic) bond motifs is 3. The molecule has 0 amide bonds. The van der Waals surface area contributed by atoms with Crippen LogP contribution in [-0.2, 0) is 6.42 Å². The van der Waals surface area contributed by atoms with E-state index < -0.39 is 0 Å². The molecule has 0 fully saturated rings. The van der Waals surface area contributed by atoms with Gasteiger partial charge < -0.3 is 10.7 Å². The summed E-state index contributed by atoms with van der Waals surface area (Å²) in [6, 6.07) is 8.16. The number of para-hydroxylation sites is 1. The second kappa shape index (κ2) is 3.57. The van der Waals surface area contributed by atoms with E-state index in [2.05, 4.69) is 27.3 Å². The highest BCUT2D eigenvalue weighted by Crippen LogP contribution is 2.30. The topological polar surface area (TPSA) is 67.6 Å². The Morgan fingerprint density at radius 2 is 2.12 bits per heavy atom. The van der Waals surface area contributed by atoms with Gasteiger partial charge in [-0.15, -0.1) is 5.10 Å². The highest BCUT2D eigenvalue weighted by Gasteiger charge is 2.14. The molecule has 2 aliphatic rings. The first kappa shape index (κ1) is 9.30. The first-order valence-electron chi connectivity index (χ1n) is 5.31. The second-order valence-corrected chi connectivity index (χ2v) is 3.79. The zero-order chi connectivity index (χ0) is 11.0. The first-order valence-corrected chi connectivity index (χ1v) is 5.31. The predicted octanol–water partition coefficient (Wildman–Crippen LogP) is 1.56. The SMILES string of the molecule is NCCc1[nH]c2ccccc2c2cnnc1-2. The Morgan fingerprint density at radius 3 is 3.00 bits per heavy atom. The van der Waals surface area contributed by atoms with Crippen molar-refractivity contribution in [1.82, 2.24) is 15.2 Å². The van der Waals surface area contributed by atoms with Crippen LogP contribution in [0.5, 0.6) is 0 Å². The van der Waals surface area contributed by atoms with Gasteiger partial charge in [0.25, 0.3) is 0 Å². The van der Waals surface area contributed by atoms with Crippen LogP contribution in [0, 0.1) is 0 Å². The molecule has 0 saturated carbocycles. The van der Waals surface area contributed by atoms with Gasteiger partial charge in [-0.25, -0.2) is 0 Å². The van der Waals surface area contributed by atoms with E-state index in [0.29, 0.717) is 6.54 Å². The van der Waals surface area contributed by atoms with Crippen molar-refractivity contribution in [1.29, 1.82) is 0 Å². The zero-order valence-corrected chi connectivity index (χ0v) is 8.77. The van der Waals surface area contributed by atoms with Gasteiger partial charge in [0.15, 0.2) is 0 Å². The summed E-state index contributed by atoms with van der Waals surface area (Å²) >= 11 is 0. The van der Waals surface area contributed by atoms with E-state index in [1.807, 2.05) is 18.3 Å². The minimum absolute atomic E-state index is 0.608. The fraction of sp³-hybridized carbons (Fsp3) is 0.167. The molecule has 0 spiro atoms. The molecule has 0 bridgehead atoms. The van der Waals surface area contributed by atoms with E-state index in [0.717, 1.165) is 34.3 Å². The van der Waals surface area contributed by atoms with Crippen LogP contribution in [0.15, 0.2) is 30.5 Å². The highest BCUT2D eigenvalue weighted by atomic mass is 15.1. The third-order valence-electron chi connectivity index (χ3n) is 2.78. The van der Waals surface area contributed by atoms with Crippen LogP contribution in [0.25, 0.3) is 22.2 Å². The van der Waals surface area contributed by atoms with Crippen LogP contribution < -0.4 is 5.73 Å². The molecule has 2 aliphatic heterocycles. The summed E-state index contributed by atoms with van der Waals surface area (Å²) in [5, 5.41) is 9.29. The third kappa shape index (κ3) is 1.27. The van der Waals surface area contributed by atoms with Crippen LogP contribution in [0.3, 0.4) is 0 Å². The van der Waals surface area contributed by atoms with E-state index in [9.17, 15) is 0 Å². The molecule has 4 nitrogen and oxygen atoms in total. The van der Waals surface area contributed by atoms with E-state index >= 15 is 0 Å². The van der Waals surface area contributed by atoms with Gasteiger partial charge in [0.05, 0.1) is 6.20 Å². The van der Waals surface area contributed by atoms with E-state index in [-0.39, 0.29) is 0 Å². The van der Waals surface area contributed by atoms with Crippen LogP contribution >= 0.6 is 0 Å². The summed E-state index contributed by atoms with van der Waals surface area (Å²) in [5.74, 6) is 0. The summed E-state index contributed by atoms with van der Waals surface area (Å²) in [6.07, 6.45) is 2.60. The average molecular weight is 212 g/mol. The van der Waals surface area contributed by atoms with Gasteiger partial charge in [0, 0.05) is 28.6 Å². The van der Waals surface area contributed by atoms with Crippen molar-refractivity contribution >= 4 is 10.9 Å². The number of hydrogen-bond acceptors (Lipinski definition) is 3. The minimum Gasteiger partial charge on any atom is -0.357 e. The molecular formula is C12H12N4. The molecule has 80 valence electrons. The standard InChI is InChI=1S/C12H12N4/c13-6-5-11-12-9(7-14-16-12)8-3-1-2-4-10(8)15-11/h1-4,7,15H,5-6,13H2. The number of H-pyrrole nitrogens is 1. The second-order valence-electron chi connectivity index (χ2n) is 3.79. The molecule has 2 heterocycles. The lowest BCUT2D eigenvalue weighted by Crippen LogP contribution is -2.06. The Hall–Kier alpha value is -1.94.